The van der Waals surface area contributed by atoms with Crippen molar-refractivity contribution in [2.75, 3.05) is 0 Å². The lowest BCUT2D eigenvalue weighted by molar-refractivity contribution is 0.0605. The fourth-order valence-electron chi connectivity index (χ4n) is 1.86. The van der Waals surface area contributed by atoms with Crippen LogP contribution in [0.4, 0.5) is 8.78 Å². The molecule has 1 saturated carbocycles. The summed E-state index contributed by atoms with van der Waals surface area (Å²) in [5.74, 6) is -2.73. The molecule has 0 radical (unpaired) electrons. The van der Waals surface area contributed by atoms with Crippen LogP contribution in [-0.4, -0.2) is 5.92 Å². The van der Waals surface area contributed by atoms with Crippen LogP contribution in [0.1, 0.15) is 33.6 Å². The van der Waals surface area contributed by atoms with E-state index in [4.69, 9.17) is 0 Å². The molecule has 0 bridgehead atoms. The first-order chi connectivity index (χ1) is 4.50. The lowest BCUT2D eigenvalue weighted by Crippen LogP contribution is -2.03. The predicted octanol–water partition coefficient (Wildman–Crippen LogP) is 3.08. The zero-order chi connectivity index (χ0) is 7.99. The van der Waals surface area contributed by atoms with Crippen LogP contribution >= 0.6 is 0 Å². The number of halogens is 2. The van der Waals surface area contributed by atoms with Crippen LogP contribution in [0.25, 0.3) is 0 Å². The minimum atomic E-state index is -2.38. The van der Waals surface area contributed by atoms with Crippen molar-refractivity contribution in [3.05, 3.63) is 0 Å². The van der Waals surface area contributed by atoms with Crippen molar-refractivity contribution in [3.8, 4) is 0 Å². The van der Waals surface area contributed by atoms with Gasteiger partial charge < -0.3 is 0 Å². The second-order valence-electron chi connectivity index (χ2n) is 3.35. The summed E-state index contributed by atoms with van der Waals surface area (Å²) in [6.07, 6.45) is 1.20. The van der Waals surface area contributed by atoms with E-state index in [1.165, 1.54) is 0 Å². The summed E-state index contributed by atoms with van der Waals surface area (Å²) in [5, 5.41) is 0. The maximum atomic E-state index is 12.8. The van der Waals surface area contributed by atoms with Gasteiger partial charge in [-0.15, -0.1) is 0 Å². The first-order valence-corrected chi connectivity index (χ1v) is 3.88. The van der Waals surface area contributed by atoms with Crippen LogP contribution < -0.4 is 0 Å². The molecule has 1 rings (SSSR count). The van der Waals surface area contributed by atoms with Gasteiger partial charge in [0.25, 0.3) is 5.92 Å². The average Bonchev–Trinajstić information content (AvgIpc) is 2.29. The third-order valence-electron chi connectivity index (χ3n) is 3.03. The zero-order valence-corrected chi connectivity index (χ0v) is 6.75. The van der Waals surface area contributed by atoms with Crippen molar-refractivity contribution in [1.82, 2.24) is 0 Å². The van der Waals surface area contributed by atoms with Gasteiger partial charge in [0.15, 0.2) is 0 Å². The Morgan fingerprint density at radius 2 is 1.80 bits per heavy atom. The van der Waals surface area contributed by atoms with Gasteiger partial charge in [-0.3, -0.25) is 0 Å². The lowest BCUT2D eigenvalue weighted by Gasteiger charge is -2.03. The Morgan fingerprint density at radius 1 is 1.30 bits per heavy atom. The Bertz CT molecular complexity index is 142. The van der Waals surface area contributed by atoms with Crippen LogP contribution in [0.3, 0.4) is 0 Å². The first-order valence-electron chi connectivity index (χ1n) is 3.88. The highest BCUT2D eigenvalue weighted by atomic mass is 19.3. The van der Waals surface area contributed by atoms with Gasteiger partial charge in [0.2, 0.25) is 0 Å². The monoisotopic (exact) mass is 148 g/mol. The van der Waals surface area contributed by atoms with Gasteiger partial charge in [0.05, 0.1) is 0 Å². The molecule has 1 aliphatic rings. The van der Waals surface area contributed by atoms with E-state index in [-0.39, 0.29) is 5.92 Å². The van der Waals surface area contributed by atoms with Crippen LogP contribution in [0.15, 0.2) is 0 Å². The number of alkyl halides is 2. The van der Waals surface area contributed by atoms with Crippen molar-refractivity contribution < 1.29 is 8.78 Å². The van der Waals surface area contributed by atoms with Gasteiger partial charge >= 0.3 is 0 Å². The second-order valence-corrected chi connectivity index (χ2v) is 3.35. The van der Waals surface area contributed by atoms with Crippen molar-refractivity contribution in [2.45, 2.75) is 39.5 Å². The lowest BCUT2D eigenvalue weighted by atomic mass is 10.0. The van der Waals surface area contributed by atoms with E-state index in [1.807, 2.05) is 13.8 Å². The molecule has 0 N–H and O–H groups in total. The minimum Gasteiger partial charge on any atom is -0.206 e. The van der Waals surface area contributed by atoms with Crippen LogP contribution in [0.2, 0.25) is 0 Å². The smallest absolute Gasteiger partial charge is 0.206 e. The fraction of sp³-hybridized carbons (Fsp3) is 1.00. The van der Waals surface area contributed by atoms with Crippen molar-refractivity contribution >= 4 is 0 Å². The van der Waals surface area contributed by atoms with Gasteiger partial charge in [-0.2, -0.15) is 0 Å². The van der Waals surface area contributed by atoms with E-state index < -0.39 is 11.3 Å². The van der Waals surface area contributed by atoms with Gasteiger partial charge in [-0.1, -0.05) is 20.8 Å². The molecule has 0 heterocycles. The third kappa shape index (κ3) is 0.650. The van der Waals surface area contributed by atoms with Gasteiger partial charge in [0, 0.05) is 11.3 Å². The Hall–Kier alpha value is -0.140. The van der Waals surface area contributed by atoms with Crippen LogP contribution in [0, 0.1) is 11.3 Å². The van der Waals surface area contributed by atoms with Gasteiger partial charge in [-0.25, -0.2) is 8.78 Å². The van der Waals surface area contributed by atoms with E-state index in [1.54, 1.807) is 6.92 Å². The number of hydrogen-bond acceptors (Lipinski definition) is 0. The summed E-state index contributed by atoms with van der Waals surface area (Å²) in [5.41, 5.74) is -0.679. The highest BCUT2D eigenvalue weighted by molar-refractivity contribution is 5.13. The fourth-order valence-corrected chi connectivity index (χ4v) is 1.86. The molecule has 0 aliphatic heterocycles. The van der Waals surface area contributed by atoms with Crippen molar-refractivity contribution in [2.24, 2.45) is 11.3 Å². The second kappa shape index (κ2) is 1.93. The van der Waals surface area contributed by atoms with Crippen LogP contribution in [0.5, 0.6) is 0 Å². The Kier molecular flexibility index (Phi) is 1.53. The number of hydrogen-bond donors (Lipinski definition) is 0. The molecule has 0 aromatic heterocycles. The largest absolute Gasteiger partial charge is 0.257 e. The third-order valence-corrected chi connectivity index (χ3v) is 3.03. The highest BCUT2D eigenvalue weighted by Crippen LogP contribution is 2.68. The molecule has 2 atom stereocenters. The summed E-state index contributed by atoms with van der Waals surface area (Å²) in [4.78, 5) is 0. The van der Waals surface area contributed by atoms with E-state index in [2.05, 4.69) is 0 Å². The molecular weight excluding hydrogens is 134 g/mol. The molecule has 2 heteroatoms. The molecule has 1 aliphatic carbocycles. The average molecular weight is 148 g/mol. The Labute approximate surface area is 60.6 Å². The summed E-state index contributed by atoms with van der Waals surface area (Å²) in [6, 6.07) is 0. The van der Waals surface area contributed by atoms with E-state index in [9.17, 15) is 8.78 Å². The molecule has 0 aromatic rings. The first kappa shape index (κ1) is 7.96. The molecule has 0 spiro atoms. The molecule has 2 unspecified atom stereocenters. The van der Waals surface area contributed by atoms with E-state index in [0.717, 1.165) is 0 Å². The maximum absolute atomic E-state index is 12.8. The SMILES string of the molecule is CCC1C(F)(F)C1(C)CC. The molecule has 0 nitrogen and oxygen atoms in total. The van der Waals surface area contributed by atoms with E-state index in [0.29, 0.717) is 12.8 Å². The molecular formula is C8H14F2. The maximum Gasteiger partial charge on any atom is 0.257 e. The van der Waals surface area contributed by atoms with Gasteiger partial charge in [-0.05, 0) is 12.8 Å². The zero-order valence-electron chi connectivity index (χ0n) is 6.75. The molecule has 0 aromatic carbocycles. The molecule has 0 amide bonds. The molecule has 10 heavy (non-hydrogen) atoms. The summed E-state index contributed by atoms with van der Waals surface area (Å²) < 4.78 is 25.7. The topological polar surface area (TPSA) is 0 Å². The van der Waals surface area contributed by atoms with Crippen molar-refractivity contribution in [1.29, 1.82) is 0 Å². The molecule has 60 valence electrons. The quantitative estimate of drug-likeness (QED) is 0.564. The Balaban J connectivity index is 2.68. The summed E-state index contributed by atoms with van der Waals surface area (Å²) >= 11 is 0. The molecule has 1 fully saturated rings. The van der Waals surface area contributed by atoms with E-state index >= 15 is 0 Å². The Morgan fingerprint density at radius 3 is 1.90 bits per heavy atom. The standard InChI is InChI=1S/C8H14F2/c1-4-6-7(3,5-2)8(6,9)10/h6H,4-5H2,1-3H3. The number of rotatable bonds is 2. The normalized spacial score (nSPS) is 43.5. The van der Waals surface area contributed by atoms with Crippen LogP contribution in [-0.2, 0) is 0 Å². The summed E-state index contributed by atoms with van der Waals surface area (Å²) in [7, 11) is 0. The summed E-state index contributed by atoms with van der Waals surface area (Å²) in [6.45, 7) is 5.35. The minimum absolute atomic E-state index is 0.356. The van der Waals surface area contributed by atoms with Gasteiger partial charge in [0.1, 0.15) is 0 Å². The molecule has 0 saturated heterocycles. The highest BCUT2D eigenvalue weighted by Gasteiger charge is 2.75. The predicted molar refractivity (Wildman–Crippen MR) is 37.1 cm³/mol. The van der Waals surface area contributed by atoms with Crippen molar-refractivity contribution in [3.63, 3.8) is 0 Å².